The van der Waals surface area contributed by atoms with Gasteiger partial charge < -0.3 is 9.47 Å². The SMILES string of the molecule is CCOC(=O)CC(C)C(=O)C(C)CC(=O)OCC. The number of carbonyl (C=O) groups is 3. The third kappa shape index (κ3) is 6.37. The molecule has 18 heavy (non-hydrogen) atoms. The van der Waals surface area contributed by atoms with Crippen LogP contribution in [0.15, 0.2) is 0 Å². The zero-order chi connectivity index (χ0) is 14.1. The average molecular weight is 258 g/mol. The van der Waals surface area contributed by atoms with Crippen LogP contribution >= 0.6 is 0 Å². The van der Waals surface area contributed by atoms with E-state index >= 15 is 0 Å². The summed E-state index contributed by atoms with van der Waals surface area (Å²) >= 11 is 0. The van der Waals surface area contributed by atoms with Gasteiger partial charge in [-0.25, -0.2) is 0 Å². The van der Waals surface area contributed by atoms with E-state index in [2.05, 4.69) is 0 Å². The maximum Gasteiger partial charge on any atom is 0.306 e. The van der Waals surface area contributed by atoms with Crippen LogP contribution in [-0.4, -0.2) is 30.9 Å². The van der Waals surface area contributed by atoms with E-state index in [4.69, 9.17) is 9.47 Å². The van der Waals surface area contributed by atoms with Gasteiger partial charge in [-0.05, 0) is 13.8 Å². The molecule has 0 aliphatic rings. The van der Waals surface area contributed by atoms with Gasteiger partial charge in [-0.15, -0.1) is 0 Å². The molecular formula is C13H22O5. The average Bonchev–Trinajstić information content (AvgIpc) is 2.28. The van der Waals surface area contributed by atoms with Crippen LogP contribution in [0.1, 0.15) is 40.5 Å². The first kappa shape index (κ1) is 16.6. The molecule has 0 heterocycles. The molecular weight excluding hydrogens is 236 g/mol. The number of esters is 2. The summed E-state index contributed by atoms with van der Waals surface area (Å²) in [5.41, 5.74) is 0. The Balaban J connectivity index is 4.19. The topological polar surface area (TPSA) is 69.7 Å². The van der Waals surface area contributed by atoms with Crippen molar-refractivity contribution in [1.29, 1.82) is 0 Å². The van der Waals surface area contributed by atoms with Gasteiger partial charge in [-0.1, -0.05) is 13.8 Å². The maximum atomic E-state index is 11.9. The Labute approximate surface area is 108 Å². The minimum Gasteiger partial charge on any atom is -0.466 e. The second kappa shape index (κ2) is 8.66. The molecule has 2 atom stereocenters. The number of ether oxygens (including phenoxy) is 2. The van der Waals surface area contributed by atoms with Gasteiger partial charge in [-0.2, -0.15) is 0 Å². The van der Waals surface area contributed by atoms with Crippen molar-refractivity contribution in [2.24, 2.45) is 11.8 Å². The zero-order valence-corrected chi connectivity index (χ0v) is 11.5. The third-order valence-corrected chi connectivity index (χ3v) is 2.53. The highest BCUT2D eigenvalue weighted by molar-refractivity contribution is 5.89. The first-order valence-electron chi connectivity index (χ1n) is 6.27. The van der Waals surface area contributed by atoms with E-state index in [0.29, 0.717) is 13.2 Å². The molecule has 5 nitrogen and oxygen atoms in total. The van der Waals surface area contributed by atoms with Gasteiger partial charge in [0.15, 0.2) is 0 Å². The molecule has 2 unspecified atom stereocenters. The minimum absolute atomic E-state index is 0.0554. The number of carbonyl (C=O) groups excluding carboxylic acids is 3. The van der Waals surface area contributed by atoms with Crippen molar-refractivity contribution in [3.05, 3.63) is 0 Å². The summed E-state index contributed by atoms with van der Waals surface area (Å²) in [4.78, 5) is 34.4. The van der Waals surface area contributed by atoms with Crippen LogP contribution in [0.3, 0.4) is 0 Å². The lowest BCUT2D eigenvalue weighted by atomic mass is 9.91. The lowest BCUT2D eigenvalue weighted by Crippen LogP contribution is -2.25. The molecule has 0 aromatic rings. The number of ketones is 1. The third-order valence-electron chi connectivity index (χ3n) is 2.53. The Hall–Kier alpha value is -1.39. The first-order chi connectivity index (χ1) is 8.42. The van der Waals surface area contributed by atoms with E-state index in [-0.39, 0.29) is 30.6 Å². The van der Waals surface area contributed by atoms with Gasteiger partial charge in [0.2, 0.25) is 0 Å². The lowest BCUT2D eigenvalue weighted by Gasteiger charge is -2.15. The van der Waals surface area contributed by atoms with E-state index in [1.807, 2.05) is 0 Å². The normalized spacial score (nSPS) is 13.6. The predicted molar refractivity (Wildman–Crippen MR) is 65.8 cm³/mol. The zero-order valence-electron chi connectivity index (χ0n) is 11.5. The molecule has 0 aliphatic carbocycles. The molecule has 0 saturated carbocycles. The fourth-order valence-electron chi connectivity index (χ4n) is 1.63. The Morgan fingerprint density at radius 1 is 0.833 bits per heavy atom. The molecule has 0 saturated heterocycles. The van der Waals surface area contributed by atoms with Crippen LogP contribution in [0.5, 0.6) is 0 Å². The molecule has 0 N–H and O–H groups in total. The van der Waals surface area contributed by atoms with E-state index in [9.17, 15) is 14.4 Å². The molecule has 0 fully saturated rings. The largest absolute Gasteiger partial charge is 0.466 e. The van der Waals surface area contributed by atoms with Crippen molar-refractivity contribution >= 4 is 17.7 Å². The summed E-state index contributed by atoms with van der Waals surface area (Å²) in [6.07, 6.45) is 0.111. The fourth-order valence-corrected chi connectivity index (χ4v) is 1.63. The van der Waals surface area contributed by atoms with Gasteiger partial charge in [-0.3, -0.25) is 14.4 Å². The fraction of sp³-hybridized carbons (Fsp3) is 0.769. The molecule has 0 radical (unpaired) electrons. The number of Topliss-reactive ketones (excluding diaryl/α,β-unsaturated/α-hetero) is 1. The smallest absolute Gasteiger partial charge is 0.306 e. The molecule has 0 aromatic heterocycles. The second-order valence-electron chi connectivity index (χ2n) is 4.22. The van der Waals surface area contributed by atoms with Crippen LogP contribution < -0.4 is 0 Å². The molecule has 0 aromatic carbocycles. The minimum atomic E-state index is -0.437. The predicted octanol–water partition coefficient (Wildman–Crippen LogP) is 1.73. The number of hydrogen-bond donors (Lipinski definition) is 0. The van der Waals surface area contributed by atoms with Gasteiger partial charge in [0, 0.05) is 11.8 Å². The highest BCUT2D eigenvalue weighted by atomic mass is 16.5. The summed E-state index contributed by atoms with van der Waals surface area (Å²) in [5, 5.41) is 0. The summed E-state index contributed by atoms with van der Waals surface area (Å²) in [6.45, 7) is 7.37. The van der Waals surface area contributed by atoms with Gasteiger partial charge >= 0.3 is 11.9 Å². The van der Waals surface area contributed by atoms with E-state index in [1.165, 1.54) is 0 Å². The van der Waals surface area contributed by atoms with Crippen LogP contribution in [0, 0.1) is 11.8 Å². The number of hydrogen-bond acceptors (Lipinski definition) is 5. The van der Waals surface area contributed by atoms with Crippen molar-refractivity contribution in [1.82, 2.24) is 0 Å². The summed E-state index contributed by atoms with van der Waals surface area (Å²) in [5.74, 6) is -1.76. The van der Waals surface area contributed by atoms with Crippen molar-refractivity contribution in [3.63, 3.8) is 0 Å². The highest BCUT2D eigenvalue weighted by Crippen LogP contribution is 2.15. The van der Waals surface area contributed by atoms with Crippen molar-refractivity contribution in [2.45, 2.75) is 40.5 Å². The Bertz CT molecular complexity index is 270. The van der Waals surface area contributed by atoms with Crippen molar-refractivity contribution in [2.75, 3.05) is 13.2 Å². The molecule has 0 spiro atoms. The first-order valence-corrected chi connectivity index (χ1v) is 6.27. The lowest BCUT2D eigenvalue weighted by molar-refractivity contribution is -0.148. The Morgan fingerprint density at radius 3 is 1.44 bits per heavy atom. The van der Waals surface area contributed by atoms with Gasteiger partial charge in [0.05, 0.1) is 26.1 Å². The molecule has 0 bridgehead atoms. The number of rotatable bonds is 8. The van der Waals surface area contributed by atoms with Crippen LogP contribution in [0.25, 0.3) is 0 Å². The Kier molecular flexibility index (Phi) is 8.00. The standard InChI is InChI=1S/C13H22O5/c1-5-17-11(14)7-9(3)13(16)10(4)8-12(15)18-6-2/h9-10H,5-8H2,1-4H3. The van der Waals surface area contributed by atoms with E-state index in [0.717, 1.165) is 0 Å². The maximum absolute atomic E-state index is 11.9. The monoisotopic (exact) mass is 258 g/mol. The molecule has 0 aliphatic heterocycles. The summed E-state index contributed by atoms with van der Waals surface area (Å²) in [6, 6.07) is 0. The van der Waals surface area contributed by atoms with E-state index in [1.54, 1.807) is 27.7 Å². The summed E-state index contributed by atoms with van der Waals surface area (Å²) < 4.78 is 9.56. The molecule has 104 valence electrons. The Morgan fingerprint density at radius 2 is 1.17 bits per heavy atom. The molecule has 0 amide bonds. The molecule has 5 heteroatoms. The van der Waals surface area contributed by atoms with Crippen molar-refractivity contribution in [3.8, 4) is 0 Å². The van der Waals surface area contributed by atoms with Crippen LogP contribution in [0.2, 0.25) is 0 Å². The summed E-state index contributed by atoms with van der Waals surface area (Å²) in [7, 11) is 0. The van der Waals surface area contributed by atoms with Crippen LogP contribution in [0.4, 0.5) is 0 Å². The van der Waals surface area contributed by atoms with Crippen molar-refractivity contribution < 1.29 is 23.9 Å². The quantitative estimate of drug-likeness (QED) is 0.620. The van der Waals surface area contributed by atoms with Gasteiger partial charge in [0.25, 0.3) is 0 Å². The van der Waals surface area contributed by atoms with E-state index < -0.39 is 11.8 Å². The van der Waals surface area contributed by atoms with Crippen LogP contribution in [-0.2, 0) is 23.9 Å². The van der Waals surface area contributed by atoms with Gasteiger partial charge in [0.1, 0.15) is 5.78 Å². The second-order valence-corrected chi connectivity index (χ2v) is 4.22. The highest BCUT2D eigenvalue weighted by Gasteiger charge is 2.25. The molecule has 0 rings (SSSR count).